The van der Waals surface area contributed by atoms with E-state index in [4.69, 9.17) is 4.74 Å². The number of methoxy groups -OCH3 is 1. The van der Waals surface area contributed by atoms with Gasteiger partial charge in [-0.1, -0.05) is 53.4 Å². The Morgan fingerprint density at radius 1 is 0.755 bits per heavy atom. The minimum Gasteiger partial charge on any atom is -0.465 e. The van der Waals surface area contributed by atoms with Crippen molar-refractivity contribution in [2.45, 2.75) is 78.6 Å². The number of hydrogen-bond acceptors (Lipinski definition) is 7. The van der Waals surface area contributed by atoms with Crippen LogP contribution in [0.4, 0.5) is 9.59 Å². The van der Waals surface area contributed by atoms with Crippen molar-refractivity contribution in [2.75, 3.05) is 20.2 Å². The monoisotopic (exact) mass is 724 g/mol. The highest BCUT2D eigenvalue weighted by Crippen LogP contribution is 2.36. The predicted molar refractivity (Wildman–Crippen MR) is 196 cm³/mol. The minimum absolute atomic E-state index is 0.127. The number of imidazole rings is 2. The number of alkyl carbamates (subject to hydrolysis) is 1. The first-order chi connectivity index (χ1) is 25.2. The summed E-state index contributed by atoms with van der Waals surface area (Å²) in [5, 5.41) is 14.3. The molecule has 0 bridgehead atoms. The fourth-order valence-corrected chi connectivity index (χ4v) is 6.86. The van der Waals surface area contributed by atoms with Crippen LogP contribution >= 0.6 is 0 Å². The molecule has 14 nitrogen and oxygen atoms in total. The van der Waals surface area contributed by atoms with E-state index >= 15 is 0 Å². The Kier molecular flexibility index (Phi) is 12.1. The van der Waals surface area contributed by atoms with E-state index in [0.29, 0.717) is 42.5 Å². The summed E-state index contributed by atoms with van der Waals surface area (Å²) in [5.74, 6) is 13.5. The van der Waals surface area contributed by atoms with Crippen molar-refractivity contribution in [3.05, 3.63) is 70.8 Å². The van der Waals surface area contributed by atoms with E-state index in [1.807, 2.05) is 52.0 Å². The summed E-state index contributed by atoms with van der Waals surface area (Å²) in [6.45, 7) is 12.6. The molecule has 2 saturated heterocycles. The lowest BCUT2D eigenvalue weighted by Crippen LogP contribution is -2.51. The van der Waals surface area contributed by atoms with Crippen molar-refractivity contribution < 1.29 is 29.0 Å². The number of H-pyrrole nitrogens is 2. The zero-order valence-corrected chi connectivity index (χ0v) is 31.2. The van der Waals surface area contributed by atoms with Gasteiger partial charge in [-0.05, 0) is 72.6 Å². The molecule has 0 spiro atoms. The Balaban J connectivity index is 1.23. The molecule has 5 rings (SSSR count). The lowest BCUT2D eigenvalue weighted by molar-refractivity contribution is -0.136. The van der Waals surface area contributed by atoms with Gasteiger partial charge in [0, 0.05) is 24.2 Å². The van der Waals surface area contributed by atoms with Crippen LogP contribution < -0.4 is 10.6 Å². The van der Waals surface area contributed by atoms with Crippen LogP contribution in [0.25, 0.3) is 0 Å². The number of carbonyl (C=O) groups excluding carboxylic acids is 3. The largest absolute Gasteiger partial charge is 0.465 e. The first-order valence-corrected chi connectivity index (χ1v) is 17.9. The van der Waals surface area contributed by atoms with Crippen LogP contribution in [0.2, 0.25) is 0 Å². The maximum atomic E-state index is 13.5. The molecule has 5 N–H and O–H groups in total. The highest BCUT2D eigenvalue weighted by Gasteiger charge is 2.41. The fourth-order valence-electron chi connectivity index (χ4n) is 6.86. The molecule has 0 aliphatic carbocycles. The number of ether oxygens (including phenoxy) is 1. The van der Waals surface area contributed by atoms with Crippen molar-refractivity contribution in [1.82, 2.24) is 40.4 Å². The van der Waals surface area contributed by atoms with Crippen LogP contribution in [0.3, 0.4) is 0 Å². The lowest BCUT2D eigenvalue weighted by Gasteiger charge is -2.30. The number of hydrogen-bond donors (Lipinski definition) is 5. The number of nitrogens with one attached hydrogen (secondary N) is 4. The van der Waals surface area contributed by atoms with Gasteiger partial charge in [0.1, 0.15) is 35.1 Å². The molecule has 2 aliphatic rings. The van der Waals surface area contributed by atoms with E-state index < -0.39 is 24.3 Å². The molecule has 280 valence electrons. The minimum atomic E-state index is -1.23. The molecule has 0 unspecified atom stereocenters. The number of likely N-dealkylation sites (tertiary alicyclic amines) is 2. The second-order valence-electron chi connectivity index (χ2n) is 14.7. The van der Waals surface area contributed by atoms with Gasteiger partial charge in [-0.25, -0.2) is 19.6 Å². The zero-order valence-electron chi connectivity index (χ0n) is 31.2. The molecule has 4 heterocycles. The Morgan fingerprint density at radius 3 is 1.55 bits per heavy atom. The number of carboxylic acid groups (broad SMARTS) is 1. The molecule has 0 saturated carbocycles. The molecule has 2 fully saturated rings. The normalized spacial score (nSPS) is 20.6. The van der Waals surface area contributed by atoms with Crippen molar-refractivity contribution in [2.24, 2.45) is 23.7 Å². The Morgan fingerprint density at radius 2 is 1.17 bits per heavy atom. The second-order valence-corrected chi connectivity index (χ2v) is 14.7. The van der Waals surface area contributed by atoms with Crippen LogP contribution in [0.1, 0.15) is 101 Å². The third-order valence-electron chi connectivity index (χ3n) is 9.58. The molecule has 2 aromatic heterocycles. The zero-order chi connectivity index (χ0) is 38.4. The molecule has 4 amide bonds. The number of nitrogens with zero attached hydrogens (tertiary/aromatic N) is 4. The number of rotatable bonds is 8. The van der Waals surface area contributed by atoms with Gasteiger partial charge in [0.2, 0.25) is 11.8 Å². The number of amides is 4. The van der Waals surface area contributed by atoms with E-state index in [9.17, 15) is 24.3 Å². The molecular weight excluding hydrogens is 676 g/mol. The average molecular weight is 725 g/mol. The molecule has 6 atom stereocenters. The van der Waals surface area contributed by atoms with Gasteiger partial charge in [0.15, 0.2) is 0 Å². The van der Waals surface area contributed by atoms with Crippen LogP contribution in [0, 0.1) is 47.4 Å². The highest BCUT2D eigenvalue weighted by atomic mass is 16.5. The molecule has 53 heavy (non-hydrogen) atoms. The van der Waals surface area contributed by atoms with Crippen molar-refractivity contribution in [1.29, 1.82) is 0 Å². The highest BCUT2D eigenvalue weighted by molar-refractivity contribution is 5.87. The summed E-state index contributed by atoms with van der Waals surface area (Å²) in [5.41, 5.74) is 2.79. The molecule has 1 aromatic carbocycles. The quantitative estimate of drug-likeness (QED) is 0.211. The van der Waals surface area contributed by atoms with Crippen molar-refractivity contribution in [3.8, 4) is 23.7 Å². The third kappa shape index (κ3) is 9.38. The van der Waals surface area contributed by atoms with Gasteiger partial charge in [-0.3, -0.25) is 9.59 Å². The molecule has 3 aromatic rings. The van der Waals surface area contributed by atoms with E-state index in [2.05, 4.69) is 68.1 Å². The van der Waals surface area contributed by atoms with Gasteiger partial charge in [0.25, 0.3) is 0 Å². The summed E-state index contributed by atoms with van der Waals surface area (Å²) in [6.07, 6.45) is 2.88. The first-order valence-electron chi connectivity index (χ1n) is 17.9. The summed E-state index contributed by atoms with van der Waals surface area (Å²) in [6, 6.07) is 5.40. The molecular formula is C39H48N8O6. The van der Waals surface area contributed by atoms with Gasteiger partial charge in [0.05, 0.1) is 31.6 Å². The van der Waals surface area contributed by atoms with Gasteiger partial charge in [-0.2, -0.15) is 0 Å². The second kappa shape index (κ2) is 16.7. The van der Waals surface area contributed by atoms with Crippen LogP contribution in [0.15, 0.2) is 36.7 Å². The maximum absolute atomic E-state index is 13.5. The average Bonchev–Trinajstić information content (AvgIpc) is 3.93. The molecule has 2 aliphatic heterocycles. The Bertz CT molecular complexity index is 1930. The fraction of sp³-hybridized carbons (Fsp3) is 0.487. The Labute approximate surface area is 309 Å². The standard InChI is InChI=1S/C39H48N8O6/c1-22(2)32(44-38(50)51)36(48)46-20-24(5)16-30(46)34-40-18-28(42-34)14-12-26-8-10-27(11-9-26)13-15-29-19-41-35(43-29)31-17-25(6)21-47(31)37(49)33(23(3)4)45-39(52)53-7/h8-11,18-19,22-25,30-33,44H,16-17,20-21H2,1-7H3,(H,40,42)(H,41,43)(H,45,52)(H,50,51)/t24-,25-,30-,31-,32-,33-/m0/s1. The van der Waals surface area contributed by atoms with E-state index in [1.54, 1.807) is 22.2 Å². The van der Waals surface area contributed by atoms with Crippen molar-refractivity contribution >= 4 is 24.0 Å². The maximum Gasteiger partial charge on any atom is 0.407 e. The summed E-state index contributed by atoms with van der Waals surface area (Å²) in [7, 11) is 1.28. The van der Waals surface area contributed by atoms with E-state index in [0.717, 1.165) is 17.5 Å². The number of aromatic nitrogens is 4. The summed E-state index contributed by atoms with van der Waals surface area (Å²) >= 11 is 0. The topological polar surface area (TPSA) is 186 Å². The predicted octanol–water partition coefficient (Wildman–Crippen LogP) is 4.42. The lowest BCUT2D eigenvalue weighted by atomic mass is 10.0. The summed E-state index contributed by atoms with van der Waals surface area (Å²) in [4.78, 5) is 69.3. The number of aromatic amines is 2. The number of benzene rings is 1. The summed E-state index contributed by atoms with van der Waals surface area (Å²) < 4.78 is 4.74. The molecule has 0 radical (unpaired) electrons. The van der Waals surface area contributed by atoms with Crippen LogP contribution in [0.5, 0.6) is 0 Å². The van der Waals surface area contributed by atoms with Gasteiger partial charge in [-0.15, -0.1) is 0 Å². The number of carbonyl (C=O) groups is 4. The molecule has 14 heteroatoms. The van der Waals surface area contributed by atoms with Crippen molar-refractivity contribution in [3.63, 3.8) is 0 Å². The first kappa shape index (κ1) is 38.5. The van der Waals surface area contributed by atoms with Gasteiger partial charge < -0.3 is 40.2 Å². The Hall–Kier alpha value is -5.76. The third-order valence-corrected chi connectivity index (χ3v) is 9.58. The van der Waals surface area contributed by atoms with Crippen LogP contribution in [-0.2, 0) is 14.3 Å². The smallest absolute Gasteiger partial charge is 0.407 e. The van der Waals surface area contributed by atoms with Gasteiger partial charge >= 0.3 is 12.2 Å². The van der Waals surface area contributed by atoms with Crippen LogP contribution in [-0.4, -0.2) is 91.1 Å². The SMILES string of the molecule is COC(=O)N[C@H](C(=O)N1C[C@@H](C)C[C@H]1c1ncc(C#Cc2ccc(C#Cc3cnc([C@@H]4C[C@H](C)CN4C(=O)[C@@H](NC(=O)O)C(C)C)[nH]3)cc2)[nH]1)C(C)C. The van der Waals surface area contributed by atoms with E-state index in [-0.39, 0.29) is 47.6 Å². The van der Waals surface area contributed by atoms with E-state index in [1.165, 1.54) is 7.11 Å².